The van der Waals surface area contributed by atoms with E-state index in [1.807, 2.05) is 60.7 Å². The molecule has 0 N–H and O–H groups in total. The van der Waals surface area contributed by atoms with Crippen molar-refractivity contribution in [1.29, 1.82) is 0 Å². The molecule has 3 rings (SSSR count). The van der Waals surface area contributed by atoms with Gasteiger partial charge in [0, 0.05) is 0 Å². The molecule has 0 saturated heterocycles. The molecule has 1 heterocycles. The highest BCUT2D eigenvalue weighted by molar-refractivity contribution is 7.56. The fourth-order valence-corrected chi connectivity index (χ4v) is 7.42. The van der Waals surface area contributed by atoms with Gasteiger partial charge in [0.1, 0.15) is 0 Å². The Hall–Kier alpha value is -1.92. The topological polar surface area (TPSA) is 95.8 Å². The Kier molecular flexibility index (Phi) is 9.55. The summed E-state index contributed by atoms with van der Waals surface area (Å²) in [5, 5.41) is 0. The van der Waals surface area contributed by atoms with Crippen molar-refractivity contribution in [3.8, 4) is 0 Å². The molecule has 1 aliphatic heterocycles. The van der Waals surface area contributed by atoms with Gasteiger partial charge in [-0.1, -0.05) is 60.7 Å². The normalized spacial score (nSPS) is 18.9. The van der Waals surface area contributed by atoms with Crippen LogP contribution in [0.4, 0.5) is 0 Å². The summed E-state index contributed by atoms with van der Waals surface area (Å²) in [6.07, 6.45) is 0. The zero-order chi connectivity index (χ0) is 24.6. The maximum absolute atomic E-state index is 14.0. The first-order valence-electron chi connectivity index (χ1n) is 11.5. The number of benzene rings is 2. The average molecular weight is 506 g/mol. The van der Waals surface area contributed by atoms with Gasteiger partial charge in [-0.2, -0.15) is 0 Å². The molecule has 2 aromatic carbocycles. The molecule has 0 amide bonds. The molecular weight excluding hydrogens is 474 g/mol. The van der Waals surface area contributed by atoms with Crippen LogP contribution in [0.25, 0.3) is 0 Å². The largest absolute Gasteiger partial charge is 0.361 e. The maximum atomic E-state index is 14.0. The van der Waals surface area contributed by atoms with Crippen molar-refractivity contribution >= 4 is 26.6 Å². The van der Waals surface area contributed by atoms with Crippen molar-refractivity contribution in [2.24, 2.45) is 9.98 Å². The van der Waals surface area contributed by atoms with Gasteiger partial charge < -0.3 is 18.1 Å². The van der Waals surface area contributed by atoms with Crippen molar-refractivity contribution in [2.45, 2.75) is 39.3 Å². The molecular formula is C24H32N2O6P2. The zero-order valence-corrected chi connectivity index (χ0v) is 21.8. The van der Waals surface area contributed by atoms with Crippen molar-refractivity contribution in [2.75, 3.05) is 26.4 Å². The van der Waals surface area contributed by atoms with Gasteiger partial charge in [0.25, 0.3) is 0 Å². The molecule has 8 nitrogen and oxygen atoms in total. The van der Waals surface area contributed by atoms with E-state index in [-0.39, 0.29) is 26.4 Å². The Bertz CT molecular complexity index is 984. The van der Waals surface area contributed by atoms with Gasteiger partial charge in [0.05, 0.1) is 37.9 Å². The smallest absolute Gasteiger partial charge is 0.307 e. The molecule has 0 aliphatic carbocycles. The Morgan fingerprint density at radius 3 is 1.15 bits per heavy atom. The lowest BCUT2D eigenvalue weighted by atomic mass is 10.1. The fourth-order valence-electron chi connectivity index (χ4n) is 3.70. The lowest BCUT2D eigenvalue weighted by Crippen LogP contribution is -2.35. The molecule has 0 bridgehead atoms. The highest BCUT2D eigenvalue weighted by Crippen LogP contribution is 2.60. The lowest BCUT2D eigenvalue weighted by molar-refractivity contribution is 0.214. The van der Waals surface area contributed by atoms with Crippen LogP contribution in [0.15, 0.2) is 70.6 Å². The highest BCUT2D eigenvalue weighted by Gasteiger charge is 2.48. The van der Waals surface area contributed by atoms with E-state index in [2.05, 4.69) is 0 Å². The van der Waals surface area contributed by atoms with Crippen LogP contribution in [0.5, 0.6) is 0 Å². The fraction of sp³-hybridized carbons (Fsp3) is 0.417. The first kappa shape index (κ1) is 26.7. The molecule has 2 unspecified atom stereocenters. The Morgan fingerprint density at radius 1 is 0.588 bits per heavy atom. The predicted molar refractivity (Wildman–Crippen MR) is 135 cm³/mol. The minimum absolute atomic E-state index is 0.172. The first-order chi connectivity index (χ1) is 16.4. The first-order valence-corrected chi connectivity index (χ1v) is 14.7. The van der Waals surface area contributed by atoms with E-state index >= 15 is 0 Å². The van der Waals surface area contributed by atoms with Crippen molar-refractivity contribution in [3.05, 3.63) is 71.8 Å². The summed E-state index contributed by atoms with van der Waals surface area (Å²) in [5.74, 6) is -2.09. The molecule has 34 heavy (non-hydrogen) atoms. The van der Waals surface area contributed by atoms with E-state index in [0.717, 1.165) is 0 Å². The van der Waals surface area contributed by atoms with Gasteiger partial charge in [-0.05, 0) is 38.8 Å². The number of nitrogens with zero attached hydrogens (tertiary/aromatic N) is 2. The average Bonchev–Trinajstić information content (AvgIpc) is 2.85. The highest BCUT2D eigenvalue weighted by atomic mass is 31.2. The second-order valence-electron chi connectivity index (χ2n) is 7.26. The minimum atomic E-state index is -3.77. The maximum Gasteiger partial charge on any atom is 0.361 e. The molecule has 0 fully saturated rings. The van der Waals surface area contributed by atoms with Gasteiger partial charge in [-0.25, -0.2) is 0 Å². The molecule has 2 aromatic rings. The molecule has 0 saturated carbocycles. The van der Waals surface area contributed by atoms with Gasteiger partial charge in [0.15, 0.2) is 11.6 Å². The second-order valence-corrected chi connectivity index (χ2v) is 11.4. The van der Waals surface area contributed by atoms with Crippen LogP contribution in [0.3, 0.4) is 0 Å². The number of hydrogen-bond donors (Lipinski definition) is 0. The van der Waals surface area contributed by atoms with Crippen molar-refractivity contribution in [3.63, 3.8) is 0 Å². The predicted octanol–water partition coefficient (Wildman–Crippen LogP) is 6.16. The van der Waals surface area contributed by atoms with Crippen LogP contribution >= 0.6 is 15.2 Å². The lowest BCUT2D eigenvalue weighted by Gasteiger charge is -2.33. The second kappa shape index (κ2) is 12.2. The molecule has 2 atom stereocenters. The Labute approximate surface area is 201 Å². The molecule has 0 spiro atoms. The summed E-state index contributed by atoms with van der Waals surface area (Å²) in [7, 11) is -7.55. The van der Waals surface area contributed by atoms with Crippen LogP contribution in [0, 0.1) is 0 Å². The summed E-state index contributed by atoms with van der Waals surface area (Å²) >= 11 is 0. The summed E-state index contributed by atoms with van der Waals surface area (Å²) in [6, 6.07) is 18.5. The van der Waals surface area contributed by atoms with E-state index < -0.39 is 26.8 Å². The van der Waals surface area contributed by atoms with Gasteiger partial charge in [-0.15, -0.1) is 0 Å². The SMILES string of the molecule is CCOP(=O)(OCC)C1N=C(c2ccccc2)C(P(=O)(OCC)OCC)N=C1c1ccccc1. The van der Waals surface area contributed by atoms with Crippen LogP contribution in [0.1, 0.15) is 38.8 Å². The van der Waals surface area contributed by atoms with E-state index in [4.69, 9.17) is 28.1 Å². The third kappa shape index (κ3) is 5.83. The van der Waals surface area contributed by atoms with Gasteiger partial charge in [-0.3, -0.25) is 19.1 Å². The van der Waals surface area contributed by atoms with Gasteiger partial charge >= 0.3 is 15.2 Å². The Morgan fingerprint density at radius 2 is 0.882 bits per heavy atom. The third-order valence-electron chi connectivity index (χ3n) is 4.99. The van der Waals surface area contributed by atoms with Crippen LogP contribution < -0.4 is 0 Å². The molecule has 10 heteroatoms. The van der Waals surface area contributed by atoms with Crippen LogP contribution in [-0.4, -0.2) is 49.4 Å². The molecule has 0 radical (unpaired) electrons. The Balaban J connectivity index is 2.29. The van der Waals surface area contributed by atoms with Gasteiger partial charge in [0.2, 0.25) is 0 Å². The van der Waals surface area contributed by atoms with Crippen molar-refractivity contribution < 1.29 is 27.2 Å². The zero-order valence-electron chi connectivity index (χ0n) is 20.0. The minimum Gasteiger partial charge on any atom is -0.307 e. The van der Waals surface area contributed by atoms with E-state index in [1.54, 1.807) is 27.7 Å². The molecule has 0 aromatic heterocycles. The van der Waals surface area contributed by atoms with E-state index in [9.17, 15) is 9.13 Å². The summed E-state index contributed by atoms with van der Waals surface area (Å²) in [4.78, 5) is 9.74. The number of hydrogen-bond acceptors (Lipinski definition) is 8. The quantitative estimate of drug-likeness (QED) is 0.320. The summed E-state index contributed by atoms with van der Waals surface area (Å²) in [6.45, 7) is 7.68. The monoisotopic (exact) mass is 506 g/mol. The van der Waals surface area contributed by atoms with E-state index in [0.29, 0.717) is 22.6 Å². The van der Waals surface area contributed by atoms with Crippen LogP contribution in [-0.2, 0) is 27.2 Å². The number of rotatable bonds is 12. The van der Waals surface area contributed by atoms with Crippen molar-refractivity contribution in [1.82, 2.24) is 0 Å². The van der Waals surface area contributed by atoms with Crippen LogP contribution in [0.2, 0.25) is 0 Å². The standard InChI is InChI=1S/C24H32N2O6P2/c1-5-29-33(27,30-6-2)23-21(19-15-11-9-12-16-19)26-24(34(28,31-7-3)32-8-4)22(25-23)20-17-13-10-14-18-20/h9-18,23-24H,5-8H2,1-4H3. The van der Waals surface area contributed by atoms with E-state index in [1.165, 1.54) is 0 Å². The summed E-state index contributed by atoms with van der Waals surface area (Å²) < 4.78 is 50.6. The third-order valence-corrected chi connectivity index (χ3v) is 9.38. The molecule has 184 valence electrons. The summed E-state index contributed by atoms with van der Waals surface area (Å²) in [5.41, 5.74) is 2.06. The number of aliphatic imine (C=N–C) groups is 2. The molecule has 1 aliphatic rings.